The van der Waals surface area contributed by atoms with Crippen molar-refractivity contribution in [3.8, 4) is 11.3 Å². The molecule has 2 aromatic heterocycles. The summed E-state index contributed by atoms with van der Waals surface area (Å²) in [6, 6.07) is 8.46. The third kappa shape index (κ3) is 5.78. The molecule has 0 spiro atoms. The smallest absolute Gasteiger partial charge is 0.290 e. The molecule has 1 fully saturated rings. The number of pyridine rings is 1. The highest BCUT2D eigenvalue weighted by molar-refractivity contribution is 5.87. The number of carbonyl (C=O) groups is 2. The fourth-order valence-electron chi connectivity index (χ4n) is 3.75. The van der Waals surface area contributed by atoms with Gasteiger partial charge in [0, 0.05) is 42.5 Å². The van der Waals surface area contributed by atoms with Crippen molar-refractivity contribution in [2.24, 2.45) is 0 Å². The van der Waals surface area contributed by atoms with Crippen LogP contribution in [-0.2, 0) is 16.0 Å². The molecule has 1 aromatic carbocycles. The summed E-state index contributed by atoms with van der Waals surface area (Å²) in [6.07, 6.45) is 6.29. The Morgan fingerprint density at radius 3 is 2.47 bits per heavy atom. The van der Waals surface area contributed by atoms with Gasteiger partial charge in [0.15, 0.2) is 0 Å². The number of carboxylic acid groups (broad SMARTS) is 1. The van der Waals surface area contributed by atoms with E-state index in [4.69, 9.17) is 14.9 Å². The Morgan fingerprint density at radius 2 is 1.84 bits per heavy atom. The molecule has 0 atom stereocenters. The standard InChI is InChI=1S/C23H27N5O.CH2O2/c1-15(2)26-23-24-13-18(14-25-23)21-10-16(3)19-11-17(6-7-20(19)27-21)12-22(29)28-8-4-5-9-28;2-1-3/h6-7,10-11,13-15H,4-5,8-9,12H2,1-3H3,(H,24,25,26);1H,(H,2,3). The molecule has 0 aliphatic carbocycles. The molecular weight excluding hydrogens is 406 g/mol. The number of fused-ring (bicyclic) bond motifs is 1. The number of likely N-dealkylation sites (tertiary alicyclic amines) is 1. The Morgan fingerprint density at radius 1 is 1.19 bits per heavy atom. The second-order valence-electron chi connectivity index (χ2n) is 8.14. The van der Waals surface area contributed by atoms with Gasteiger partial charge >= 0.3 is 0 Å². The minimum Gasteiger partial charge on any atom is -0.483 e. The van der Waals surface area contributed by atoms with E-state index in [0.717, 1.165) is 59.2 Å². The number of hydrogen-bond acceptors (Lipinski definition) is 6. The molecular formula is C24H29N5O3. The van der Waals surface area contributed by atoms with Crippen molar-refractivity contribution in [1.82, 2.24) is 19.9 Å². The number of carbonyl (C=O) groups excluding carboxylic acids is 1. The van der Waals surface area contributed by atoms with Crippen molar-refractivity contribution in [2.45, 2.75) is 46.1 Å². The Balaban J connectivity index is 0.000000913. The lowest BCUT2D eigenvalue weighted by atomic mass is 10.0. The summed E-state index contributed by atoms with van der Waals surface area (Å²) in [5.74, 6) is 0.838. The quantitative estimate of drug-likeness (QED) is 0.589. The molecule has 32 heavy (non-hydrogen) atoms. The highest BCUT2D eigenvalue weighted by Gasteiger charge is 2.18. The van der Waals surface area contributed by atoms with Crippen LogP contribution in [0.2, 0.25) is 0 Å². The van der Waals surface area contributed by atoms with Crippen LogP contribution < -0.4 is 5.32 Å². The van der Waals surface area contributed by atoms with Crippen LogP contribution in [0.15, 0.2) is 36.7 Å². The van der Waals surface area contributed by atoms with Crippen LogP contribution in [0.3, 0.4) is 0 Å². The van der Waals surface area contributed by atoms with Gasteiger partial charge in [-0.1, -0.05) is 6.07 Å². The zero-order chi connectivity index (χ0) is 23.1. The van der Waals surface area contributed by atoms with E-state index in [1.54, 1.807) is 12.4 Å². The second kappa shape index (κ2) is 10.7. The van der Waals surface area contributed by atoms with E-state index in [1.165, 1.54) is 0 Å². The van der Waals surface area contributed by atoms with Crippen molar-refractivity contribution >= 4 is 29.2 Å². The molecule has 0 bridgehead atoms. The molecule has 8 nitrogen and oxygen atoms in total. The minimum absolute atomic E-state index is 0.219. The van der Waals surface area contributed by atoms with Gasteiger partial charge in [-0.2, -0.15) is 0 Å². The van der Waals surface area contributed by atoms with E-state index in [2.05, 4.69) is 48.2 Å². The second-order valence-corrected chi connectivity index (χ2v) is 8.14. The molecule has 4 rings (SSSR count). The fourth-order valence-corrected chi connectivity index (χ4v) is 3.75. The Kier molecular flexibility index (Phi) is 7.70. The molecule has 0 radical (unpaired) electrons. The van der Waals surface area contributed by atoms with Crippen LogP contribution >= 0.6 is 0 Å². The molecule has 1 aliphatic heterocycles. The fraction of sp³-hybridized carbons (Fsp3) is 0.375. The molecule has 8 heteroatoms. The highest BCUT2D eigenvalue weighted by Crippen LogP contribution is 2.25. The minimum atomic E-state index is -0.250. The van der Waals surface area contributed by atoms with Crippen LogP contribution in [0, 0.1) is 6.92 Å². The van der Waals surface area contributed by atoms with Gasteiger partial charge < -0.3 is 15.3 Å². The van der Waals surface area contributed by atoms with Gasteiger partial charge in [0.25, 0.3) is 6.47 Å². The summed E-state index contributed by atoms with van der Waals surface area (Å²) in [5.41, 5.74) is 4.83. The third-order valence-electron chi connectivity index (χ3n) is 5.26. The van der Waals surface area contributed by atoms with Gasteiger partial charge in [-0.25, -0.2) is 15.0 Å². The van der Waals surface area contributed by atoms with Crippen LogP contribution in [0.4, 0.5) is 5.95 Å². The monoisotopic (exact) mass is 435 g/mol. The summed E-state index contributed by atoms with van der Waals surface area (Å²) in [5, 5.41) is 11.2. The summed E-state index contributed by atoms with van der Waals surface area (Å²) in [6.45, 7) is 7.72. The SMILES string of the molecule is Cc1cc(-c2cnc(NC(C)C)nc2)nc2ccc(CC(=O)N3CCCC3)cc12.O=CO. The summed E-state index contributed by atoms with van der Waals surface area (Å²) >= 11 is 0. The largest absolute Gasteiger partial charge is 0.483 e. The number of nitrogens with one attached hydrogen (secondary N) is 1. The van der Waals surface area contributed by atoms with Gasteiger partial charge in [-0.05, 0) is 62.9 Å². The van der Waals surface area contributed by atoms with Gasteiger partial charge in [0.05, 0.1) is 17.6 Å². The van der Waals surface area contributed by atoms with E-state index in [9.17, 15) is 4.79 Å². The molecule has 0 unspecified atom stereocenters. The van der Waals surface area contributed by atoms with Crippen LogP contribution in [0.1, 0.15) is 37.8 Å². The maximum absolute atomic E-state index is 12.5. The van der Waals surface area contributed by atoms with E-state index in [0.29, 0.717) is 12.4 Å². The lowest BCUT2D eigenvalue weighted by molar-refractivity contribution is -0.129. The van der Waals surface area contributed by atoms with Crippen molar-refractivity contribution in [1.29, 1.82) is 0 Å². The summed E-state index contributed by atoms with van der Waals surface area (Å²) in [4.78, 5) is 36.4. The molecule has 2 N–H and O–H groups in total. The Labute approximate surface area is 187 Å². The number of nitrogens with zero attached hydrogens (tertiary/aromatic N) is 4. The first-order valence-electron chi connectivity index (χ1n) is 10.8. The predicted molar refractivity (Wildman–Crippen MR) is 124 cm³/mol. The summed E-state index contributed by atoms with van der Waals surface area (Å²) < 4.78 is 0. The van der Waals surface area contributed by atoms with Gasteiger partial charge in [-0.15, -0.1) is 0 Å². The lowest BCUT2D eigenvalue weighted by Crippen LogP contribution is -2.29. The molecule has 3 aromatic rings. The molecule has 0 saturated carbocycles. The van der Waals surface area contributed by atoms with Crippen LogP contribution in [-0.4, -0.2) is 56.5 Å². The first-order valence-corrected chi connectivity index (χ1v) is 10.8. The Hall–Kier alpha value is -3.55. The van der Waals surface area contributed by atoms with E-state index >= 15 is 0 Å². The first kappa shape index (κ1) is 23.1. The topological polar surface area (TPSA) is 108 Å². The highest BCUT2D eigenvalue weighted by atomic mass is 16.3. The van der Waals surface area contributed by atoms with Gasteiger partial charge in [-0.3, -0.25) is 9.59 Å². The molecule has 168 valence electrons. The number of benzene rings is 1. The predicted octanol–water partition coefficient (Wildman–Crippen LogP) is 3.69. The van der Waals surface area contributed by atoms with Gasteiger partial charge in [0.1, 0.15) is 0 Å². The molecule has 1 amide bonds. The number of anilines is 1. The zero-order valence-corrected chi connectivity index (χ0v) is 18.7. The number of hydrogen-bond donors (Lipinski definition) is 2. The Bertz CT molecular complexity index is 1080. The molecule has 1 aliphatic rings. The normalized spacial score (nSPS) is 13.1. The maximum atomic E-state index is 12.5. The average molecular weight is 436 g/mol. The number of aryl methyl sites for hydroxylation is 1. The van der Waals surface area contributed by atoms with Crippen molar-refractivity contribution in [2.75, 3.05) is 18.4 Å². The van der Waals surface area contributed by atoms with Crippen molar-refractivity contribution in [3.05, 3.63) is 47.8 Å². The molecule has 3 heterocycles. The average Bonchev–Trinajstić information content (AvgIpc) is 3.30. The van der Waals surface area contributed by atoms with Crippen molar-refractivity contribution < 1.29 is 14.7 Å². The lowest BCUT2D eigenvalue weighted by Gasteiger charge is -2.15. The third-order valence-corrected chi connectivity index (χ3v) is 5.26. The summed E-state index contributed by atoms with van der Waals surface area (Å²) in [7, 11) is 0. The van der Waals surface area contributed by atoms with E-state index < -0.39 is 0 Å². The maximum Gasteiger partial charge on any atom is 0.290 e. The zero-order valence-electron chi connectivity index (χ0n) is 18.7. The number of rotatable bonds is 5. The van der Waals surface area contributed by atoms with Crippen molar-refractivity contribution in [3.63, 3.8) is 0 Å². The van der Waals surface area contributed by atoms with Gasteiger partial charge in [0.2, 0.25) is 11.9 Å². The number of aromatic nitrogens is 3. The first-order chi connectivity index (χ1) is 15.4. The van der Waals surface area contributed by atoms with Crippen LogP contribution in [0.5, 0.6) is 0 Å². The van der Waals surface area contributed by atoms with E-state index in [-0.39, 0.29) is 18.4 Å². The molecule has 1 saturated heterocycles. The van der Waals surface area contributed by atoms with Crippen LogP contribution in [0.25, 0.3) is 22.2 Å². The van der Waals surface area contributed by atoms with E-state index in [1.807, 2.05) is 17.0 Å². The number of amides is 1.